The van der Waals surface area contributed by atoms with Crippen LogP contribution in [-0.4, -0.2) is 22.6 Å². The highest BCUT2D eigenvalue weighted by Gasteiger charge is 2.07. The van der Waals surface area contributed by atoms with Crippen LogP contribution in [0.25, 0.3) is 0 Å². The molecule has 0 spiro atoms. The zero-order valence-corrected chi connectivity index (χ0v) is 9.95. The quantitative estimate of drug-likeness (QED) is 0.725. The second kappa shape index (κ2) is 5.71. The van der Waals surface area contributed by atoms with Crippen LogP contribution in [0.4, 0.5) is 0 Å². The van der Waals surface area contributed by atoms with Crippen molar-refractivity contribution in [3.63, 3.8) is 0 Å². The van der Waals surface area contributed by atoms with E-state index in [4.69, 9.17) is 0 Å². The Hall–Kier alpha value is -1.09. The van der Waals surface area contributed by atoms with Gasteiger partial charge in [0.2, 0.25) is 0 Å². The van der Waals surface area contributed by atoms with Crippen molar-refractivity contribution >= 4 is 0 Å². The van der Waals surface area contributed by atoms with Crippen molar-refractivity contribution in [2.75, 3.05) is 13.1 Å². The second-order valence-corrected chi connectivity index (χ2v) is 4.10. The van der Waals surface area contributed by atoms with Gasteiger partial charge in [-0.15, -0.1) is 0 Å². The van der Waals surface area contributed by atoms with Crippen LogP contribution in [0.15, 0.2) is 24.5 Å². The number of nitrogens with zero attached hydrogens (tertiary/aromatic N) is 2. The fraction of sp³-hybridized carbons (Fsp3) is 0.583. The monoisotopic (exact) mass is 207 g/mol. The lowest BCUT2D eigenvalue weighted by molar-refractivity contribution is 0.642. The maximum absolute atomic E-state index is 4.35. The zero-order chi connectivity index (χ0) is 11.3. The van der Waals surface area contributed by atoms with E-state index in [1.807, 2.05) is 12.4 Å². The van der Waals surface area contributed by atoms with Gasteiger partial charge >= 0.3 is 0 Å². The molecule has 1 aromatic heterocycles. The number of likely N-dealkylation sites (N-methyl/N-ethyl adjacent to an activating group) is 1. The van der Waals surface area contributed by atoms with Gasteiger partial charge in [0.25, 0.3) is 0 Å². The third-order valence-electron chi connectivity index (χ3n) is 2.28. The lowest BCUT2D eigenvalue weighted by Gasteiger charge is -2.12. The Labute approximate surface area is 92.2 Å². The summed E-state index contributed by atoms with van der Waals surface area (Å²) < 4.78 is 2.17. The minimum Gasteiger partial charge on any atom is -0.331 e. The van der Waals surface area contributed by atoms with Crippen molar-refractivity contribution in [3.8, 4) is 0 Å². The molecule has 3 nitrogen and oxygen atoms in total. The van der Waals surface area contributed by atoms with Gasteiger partial charge in [0.1, 0.15) is 5.82 Å². The first-order valence-electron chi connectivity index (χ1n) is 5.53. The van der Waals surface area contributed by atoms with Crippen LogP contribution >= 0.6 is 0 Å². The lowest BCUT2D eigenvalue weighted by Crippen LogP contribution is -2.18. The molecular formula is C12H21N3. The maximum Gasteiger partial charge on any atom is 0.111 e. The van der Waals surface area contributed by atoms with E-state index in [9.17, 15) is 0 Å². The van der Waals surface area contributed by atoms with Gasteiger partial charge in [-0.05, 0) is 12.1 Å². The highest BCUT2D eigenvalue weighted by molar-refractivity contribution is 5.04. The van der Waals surface area contributed by atoms with Crippen LogP contribution in [0, 0.1) is 0 Å². The van der Waals surface area contributed by atoms with Crippen molar-refractivity contribution < 1.29 is 0 Å². The molecule has 84 valence electrons. The first-order chi connectivity index (χ1) is 7.15. The summed E-state index contributed by atoms with van der Waals surface area (Å²) in [6, 6.07) is 0. The highest BCUT2D eigenvalue weighted by atomic mass is 15.1. The summed E-state index contributed by atoms with van der Waals surface area (Å²) in [6.45, 7) is 13.2. The smallest absolute Gasteiger partial charge is 0.111 e. The Bertz CT molecular complexity index is 312. The largest absolute Gasteiger partial charge is 0.331 e. The number of aromatic nitrogens is 2. The molecule has 1 N–H and O–H groups in total. The molecule has 0 aliphatic carbocycles. The van der Waals surface area contributed by atoms with Crippen LogP contribution in [0.1, 0.15) is 32.5 Å². The predicted octanol–water partition coefficient (Wildman–Crippen LogP) is 2.17. The summed E-state index contributed by atoms with van der Waals surface area (Å²) in [7, 11) is 0. The third kappa shape index (κ3) is 3.51. The van der Waals surface area contributed by atoms with Gasteiger partial charge in [-0.2, -0.15) is 0 Å². The molecule has 0 aliphatic heterocycles. The Morgan fingerprint density at radius 1 is 1.60 bits per heavy atom. The average molecular weight is 207 g/mol. The van der Waals surface area contributed by atoms with E-state index in [1.54, 1.807) is 0 Å². The molecule has 0 atom stereocenters. The summed E-state index contributed by atoms with van der Waals surface area (Å²) in [6.07, 6.45) is 3.88. The fourth-order valence-corrected chi connectivity index (χ4v) is 1.55. The normalized spacial score (nSPS) is 10.9. The Morgan fingerprint density at radius 2 is 2.33 bits per heavy atom. The van der Waals surface area contributed by atoms with Crippen LogP contribution in [0.2, 0.25) is 0 Å². The summed E-state index contributed by atoms with van der Waals surface area (Å²) in [5.74, 6) is 1.60. The molecule has 0 aliphatic rings. The minimum absolute atomic E-state index is 0.465. The minimum atomic E-state index is 0.465. The van der Waals surface area contributed by atoms with E-state index in [0.717, 1.165) is 25.5 Å². The molecule has 0 bridgehead atoms. The van der Waals surface area contributed by atoms with Crippen molar-refractivity contribution in [2.24, 2.45) is 0 Å². The van der Waals surface area contributed by atoms with Crippen molar-refractivity contribution in [1.82, 2.24) is 14.9 Å². The van der Waals surface area contributed by atoms with E-state index in [0.29, 0.717) is 5.92 Å². The molecule has 0 aromatic carbocycles. The lowest BCUT2D eigenvalue weighted by atomic mass is 10.2. The van der Waals surface area contributed by atoms with Crippen molar-refractivity contribution in [2.45, 2.75) is 33.2 Å². The topological polar surface area (TPSA) is 29.9 Å². The Kier molecular flexibility index (Phi) is 4.56. The molecule has 0 saturated heterocycles. The average Bonchev–Trinajstić information content (AvgIpc) is 2.62. The molecule has 1 rings (SSSR count). The molecule has 0 fully saturated rings. The second-order valence-electron chi connectivity index (χ2n) is 4.10. The van der Waals surface area contributed by atoms with E-state index < -0.39 is 0 Å². The van der Waals surface area contributed by atoms with E-state index in [-0.39, 0.29) is 0 Å². The van der Waals surface area contributed by atoms with Gasteiger partial charge in [-0.3, -0.25) is 0 Å². The zero-order valence-electron chi connectivity index (χ0n) is 9.95. The molecule has 0 radical (unpaired) electrons. The Morgan fingerprint density at radius 3 is 2.93 bits per heavy atom. The summed E-state index contributed by atoms with van der Waals surface area (Å²) >= 11 is 0. The van der Waals surface area contributed by atoms with Gasteiger partial charge in [-0.1, -0.05) is 27.4 Å². The number of hydrogen-bond acceptors (Lipinski definition) is 2. The molecule has 1 heterocycles. The number of rotatable bonds is 6. The first kappa shape index (κ1) is 12.0. The van der Waals surface area contributed by atoms with Gasteiger partial charge < -0.3 is 9.88 Å². The van der Waals surface area contributed by atoms with Crippen LogP contribution in [0.5, 0.6) is 0 Å². The molecular weight excluding hydrogens is 186 g/mol. The van der Waals surface area contributed by atoms with Crippen LogP contribution in [0.3, 0.4) is 0 Å². The SMILES string of the molecule is C=C(CNCC)Cn1ccnc1C(C)C. The molecule has 1 aromatic rings. The van der Waals surface area contributed by atoms with Gasteiger partial charge in [0.05, 0.1) is 0 Å². The van der Waals surface area contributed by atoms with Gasteiger partial charge in [0.15, 0.2) is 0 Å². The summed E-state index contributed by atoms with van der Waals surface area (Å²) in [5.41, 5.74) is 1.19. The standard InChI is InChI=1S/C12H21N3/c1-5-13-8-11(4)9-15-7-6-14-12(15)10(2)3/h6-7,10,13H,4-5,8-9H2,1-3H3. The van der Waals surface area contributed by atoms with Gasteiger partial charge in [-0.25, -0.2) is 4.98 Å². The Balaban J connectivity index is 2.56. The first-order valence-corrected chi connectivity index (χ1v) is 5.53. The molecule has 3 heteroatoms. The number of hydrogen-bond donors (Lipinski definition) is 1. The fourth-order valence-electron chi connectivity index (χ4n) is 1.55. The van der Waals surface area contributed by atoms with E-state index in [2.05, 4.69) is 42.2 Å². The maximum atomic E-state index is 4.35. The molecule has 0 unspecified atom stereocenters. The van der Waals surface area contributed by atoms with Gasteiger partial charge in [0, 0.05) is 31.4 Å². The summed E-state index contributed by atoms with van der Waals surface area (Å²) in [5, 5.41) is 3.28. The van der Waals surface area contributed by atoms with Crippen LogP contribution < -0.4 is 5.32 Å². The number of imidazole rings is 1. The molecule has 0 saturated carbocycles. The van der Waals surface area contributed by atoms with Crippen molar-refractivity contribution in [3.05, 3.63) is 30.4 Å². The number of nitrogens with one attached hydrogen (secondary N) is 1. The predicted molar refractivity (Wildman–Crippen MR) is 64.0 cm³/mol. The summed E-state index contributed by atoms with van der Waals surface area (Å²) in [4.78, 5) is 4.35. The van der Waals surface area contributed by atoms with E-state index >= 15 is 0 Å². The molecule has 0 amide bonds. The third-order valence-corrected chi connectivity index (χ3v) is 2.28. The van der Waals surface area contributed by atoms with Crippen molar-refractivity contribution in [1.29, 1.82) is 0 Å². The van der Waals surface area contributed by atoms with E-state index in [1.165, 1.54) is 5.57 Å². The van der Waals surface area contributed by atoms with Crippen LogP contribution in [-0.2, 0) is 6.54 Å². The molecule has 15 heavy (non-hydrogen) atoms. The highest BCUT2D eigenvalue weighted by Crippen LogP contribution is 2.12.